The number of carbonyl (C=O) groups excluding carboxylic acids is 1. The molecule has 0 aromatic heterocycles. The zero-order valence-electron chi connectivity index (χ0n) is 16.4. The highest BCUT2D eigenvalue weighted by Gasteiger charge is 2.26. The zero-order valence-corrected chi connectivity index (χ0v) is 16.4. The summed E-state index contributed by atoms with van der Waals surface area (Å²) in [4.78, 5) is 15.0. The van der Waals surface area contributed by atoms with Gasteiger partial charge in [-0.3, -0.25) is 4.79 Å². The first kappa shape index (κ1) is 18.6. The molecule has 1 fully saturated rings. The molecule has 2 aliphatic heterocycles. The summed E-state index contributed by atoms with van der Waals surface area (Å²) in [5.74, 6) is -0.0937. The van der Waals surface area contributed by atoms with E-state index in [9.17, 15) is 4.79 Å². The summed E-state index contributed by atoms with van der Waals surface area (Å²) in [5, 5.41) is 6.28. The van der Waals surface area contributed by atoms with E-state index in [0.29, 0.717) is 11.3 Å². The zero-order chi connectivity index (χ0) is 19.5. The first-order chi connectivity index (χ1) is 13.6. The van der Waals surface area contributed by atoms with E-state index in [0.717, 1.165) is 35.6 Å². The molecular formula is C23H28N4O. The van der Waals surface area contributed by atoms with Crippen LogP contribution in [0, 0.1) is 0 Å². The van der Waals surface area contributed by atoms with Crippen LogP contribution in [0.5, 0.6) is 0 Å². The Morgan fingerprint density at radius 1 is 1.11 bits per heavy atom. The highest BCUT2D eigenvalue weighted by molar-refractivity contribution is 6.32. The molecule has 0 radical (unpaired) electrons. The van der Waals surface area contributed by atoms with Crippen molar-refractivity contribution in [3.8, 4) is 0 Å². The van der Waals surface area contributed by atoms with Crippen LogP contribution < -0.4 is 16.4 Å². The van der Waals surface area contributed by atoms with Gasteiger partial charge in [0.15, 0.2) is 0 Å². The van der Waals surface area contributed by atoms with Crippen molar-refractivity contribution in [1.82, 2.24) is 4.90 Å². The van der Waals surface area contributed by atoms with E-state index in [1.807, 2.05) is 19.1 Å². The first-order valence-corrected chi connectivity index (χ1v) is 10.1. The molecule has 2 aromatic carbocycles. The maximum Gasteiger partial charge on any atom is 0.258 e. The number of anilines is 3. The fraction of sp³-hybridized carbons (Fsp3) is 0.348. The Morgan fingerprint density at radius 2 is 1.86 bits per heavy atom. The van der Waals surface area contributed by atoms with E-state index in [-0.39, 0.29) is 5.91 Å². The molecule has 0 atom stereocenters. The quantitative estimate of drug-likeness (QED) is 0.543. The topological polar surface area (TPSA) is 70.4 Å². The molecule has 0 bridgehead atoms. The molecule has 1 saturated heterocycles. The molecular weight excluding hydrogens is 348 g/mol. The van der Waals surface area contributed by atoms with Crippen molar-refractivity contribution in [3.63, 3.8) is 0 Å². The van der Waals surface area contributed by atoms with E-state index in [1.54, 1.807) is 6.07 Å². The van der Waals surface area contributed by atoms with Crippen molar-refractivity contribution in [2.45, 2.75) is 32.6 Å². The molecule has 5 heteroatoms. The van der Waals surface area contributed by atoms with Gasteiger partial charge < -0.3 is 21.3 Å². The van der Waals surface area contributed by atoms with Crippen LogP contribution in [0.4, 0.5) is 17.1 Å². The van der Waals surface area contributed by atoms with E-state index < -0.39 is 0 Å². The molecule has 4 rings (SSSR count). The van der Waals surface area contributed by atoms with Crippen LogP contribution in [0.3, 0.4) is 0 Å². The fourth-order valence-electron chi connectivity index (χ4n) is 4.06. The number of fused-ring (bicyclic) bond motifs is 1. The molecule has 28 heavy (non-hydrogen) atoms. The van der Waals surface area contributed by atoms with Crippen LogP contribution in [-0.4, -0.2) is 30.4 Å². The van der Waals surface area contributed by atoms with Crippen molar-refractivity contribution >= 4 is 28.5 Å². The summed E-state index contributed by atoms with van der Waals surface area (Å²) in [7, 11) is 0. The number of hydrogen-bond donors (Lipinski definition) is 3. The van der Waals surface area contributed by atoms with Gasteiger partial charge in [0.05, 0.1) is 5.57 Å². The summed E-state index contributed by atoms with van der Waals surface area (Å²) < 4.78 is 0. The number of nitrogens with two attached hydrogens (primary N) is 1. The van der Waals surface area contributed by atoms with Crippen molar-refractivity contribution in [1.29, 1.82) is 0 Å². The third-order valence-electron chi connectivity index (χ3n) is 5.61. The summed E-state index contributed by atoms with van der Waals surface area (Å²) in [6, 6.07) is 14.0. The second-order valence-electron chi connectivity index (χ2n) is 7.73. The van der Waals surface area contributed by atoms with E-state index >= 15 is 0 Å². The predicted molar refractivity (Wildman–Crippen MR) is 116 cm³/mol. The van der Waals surface area contributed by atoms with Gasteiger partial charge in [0.1, 0.15) is 0 Å². The van der Waals surface area contributed by atoms with Crippen molar-refractivity contribution < 1.29 is 4.79 Å². The van der Waals surface area contributed by atoms with E-state index in [2.05, 4.69) is 39.8 Å². The summed E-state index contributed by atoms with van der Waals surface area (Å²) >= 11 is 0. The van der Waals surface area contributed by atoms with Crippen LogP contribution in [0.15, 0.2) is 48.2 Å². The van der Waals surface area contributed by atoms with Crippen LogP contribution in [0.1, 0.15) is 37.3 Å². The summed E-state index contributed by atoms with van der Waals surface area (Å²) in [6.07, 6.45) is 5.12. The van der Waals surface area contributed by atoms with Gasteiger partial charge in [-0.2, -0.15) is 0 Å². The molecule has 2 heterocycles. The van der Waals surface area contributed by atoms with Gasteiger partial charge >= 0.3 is 0 Å². The summed E-state index contributed by atoms with van der Waals surface area (Å²) in [5.41, 5.74) is 12.0. The highest BCUT2D eigenvalue weighted by Crippen LogP contribution is 2.35. The molecule has 0 aliphatic carbocycles. The standard InChI is InChI=1S/C23H28N4O/c1-16(22-20-15-18(24)7-10-21(20)26-23(22)28)25-19-8-5-17(6-9-19)11-14-27-12-3-2-4-13-27/h5-10,15,25H,2-4,11-14,24H2,1H3,(H,26,28)/b22-16-. The van der Waals surface area contributed by atoms with Crippen molar-refractivity contribution in [2.75, 3.05) is 36.0 Å². The van der Waals surface area contributed by atoms with E-state index in [1.165, 1.54) is 37.9 Å². The smallest absolute Gasteiger partial charge is 0.258 e. The number of nitrogens with one attached hydrogen (secondary N) is 2. The molecule has 1 amide bonds. The Kier molecular flexibility index (Phi) is 5.35. The van der Waals surface area contributed by atoms with Crippen LogP contribution in [0.2, 0.25) is 0 Å². The number of allylic oxidation sites excluding steroid dienone is 1. The van der Waals surface area contributed by atoms with Gasteiger partial charge in [-0.05, 0) is 75.2 Å². The second kappa shape index (κ2) is 8.07. The van der Waals surface area contributed by atoms with Gasteiger partial charge in [-0.1, -0.05) is 18.6 Å². The number of nitrogen functional groups attached to an aromatic ring is 1. The molecule has 2 aliphatic rings. The Morgan fingerprint density at radius 3 is 2.61 bits per heavy atom. The van der Waals surface area contributed by atoms with Crippen LogP contribution in [0.25, 0.3) is 5.57 Å². The Hall–Kier alpha value is -2.79. The number of amides is 1. The molecule has 0 unspecified atom stereocenters. The predicted octanol–water partition coefficient (Wildman–Crippen LogP) is 4.09. The lowest BCUT2D eigenvalue weighted by molar-refractivity contribution is -0.110. The minimum absolute atomic E-state index is 0.0937. The Balaban J connectivity index is 1.43. The average molecular weight is 377 g/mol. The maximum absolute atomic E-state index is 12.4. The molecule has 146 valence electrons. The van der Waals surface area contributed by atoms with E-state index in [4.69, 9.17) is 5.73 Å². The van der Waals surface area contributed by atoms with Crippen molar-refractivity contribution in [2.24, 2.45) is 0 Å². The molecule has 0 saturated carbocycles. The lowest BCUT2D eigenvalue weighted by Gasteiger charge is -2.26. The number of nitrogens with zero attached hydrogens (tertiary/aromatic N) is 1. The molecule has 5 nitrogen and oxygen atoms in total. The SMILES string of the molecule is C/C(Nc1ccc(CCN2CCCCC2)cc1)=C1/C(=O)Nc2ccc(N)cc21. The number of benzene rings is 2. The van der Waals surface area contributed by atoms with Gasteiger partial charge in [-0.25, -0.2) is 0 Å². The highest BCUT2D eigenvalue weighted by atomic mass is 16.2. The number of rotatable bonds is 5. The number of likely N-dealkylation sites (tertiary alicyclic amines) is 1. The average Bonchev–Trinajstić information content (AvgIpc) is 3.03. The minimum Gasteiger partial charge on any atom is -0.399 e. The fourth-order valence-corrected chi connectivity index (χ4v) is 4.06. The molecule has 4 N–H and O–H groups in total. The van der Waals surface area contributed by atoms with Gasteiger partial charge in [0.25, 0.3) is 5.91 Å². The summed E-state index contributed by atoms with van der Waals surface area (Å²) in [6.45, 7) is 5.53. The first-order valence-electron chi connectivity index (χ1n) is 10.1. The van der Waals surface area contributed by atoms with Gasteiger partial charge in [0.2, 0.25) is 0 Å². The second-order valence-corrected chi connectivity index (χ2v) is 7.73. The third kappa shape index (κ3) is 4.04. The number of piperidine rings is 1. The van der Waals surface area contributed by atoms with Crippen LogP contribution in [-0.2, 0) is 11.2 Å². The van der Waals surface area contributed by atoms with Gasteiger partial charge in [0, 0.05) is 34.9 Å². The largest absolute Gasteiger partial charge is 0.399 e. The normalized spacial score (nSPS) is 18.5. The lowest BCUT2D eigenvalue weighted by atomic mass is 10.0. The third-order valence-corrected chi connectivity index (χ3v) is 5.61. The number of carbonyl (C=O) groups is 1. The Labute approximate surface area is 166 Å². The monoisotopic (exact) mass is 376 g/mol. The molecule has 2 aromatic rings. The maximum atomic E-state index is 12.4. The molecule has 0 spiro atoms. The van der Waals surface area contributed by atoms with Gasteiger partial charge in [-0.15, -0.1) is 0 Å². The lowest BCUT2D eigenvalue weighted by Crippen LogP contribution is -2.31. The van der Waals surface area contributed by atoms with Crippen molar-refractivity contribution in [3.05, 3.63) is 59.3 Å². The van der Waals surface area contributed by atoms with Crippen LogP contribution >= 0.6 is 0 Å². The number of hydrogen-bond acceptors (Lipinski definition) is 4. The minimum atomic E-state index is -0.0937. The Bertz CT molecular complexity index is 895.